The van der Waals surface area contributed by atoms with Gasteiger partial charge in [0.05, 0.1) is 17.8 Å². The van der Waals surface area contributed by atoms with Gasteiger partial charge in [0, 0.05) is 6.08 Å². The van der Waals surface area contributed by atoms with Crippen LogP contribution >= 0.6 is 15.9 Å². The number of amides is 1. The molecule has 0 heterocycles. The van der Waals surface area contributed by atoms with Crippen LogP contribution in [0.4, 0.5) is 4.39 Å². The second-order valence-corrected chi connectivity index (χ2v) is 7.78. The van der Waals surface area contributed by atoms with Crippen LogP contribution in [-0.2, 0) is 11.4 Å². The van der Waals surface area contributed by atoms with E-state index in [9.17, 15) is 9.18 Å². The first-order valence-corrected chi connectivity index (χ1v) is 10.6. The lowest BCUT2D eigenvalue weighted by atomic mass is 10.2. The van der Waals surface area contributed by atoms with Crippen molar-refractivity contribution in [1.82, 2.24) is 5.43 Å². The van der Waals surface area contributed by atoms with Crippen molar-refractivity contribution < 1.29 is 18.7 Å². The highest BCUT2D eigenvalue weighted by molar-refractivity contribution is 9.10. The van der Waals surface area contributed by atoms with Crippen LogP contribution in [0.15, 0.2) is 76.3 Å². The van der Waals surface area contributed by atoms with Gasteiger partial charge in [-0.05, 0) is 69.9 Å². The van der Waals surface area contributed by atoms with E-state index >= 15 is 0 Å². The first-order chi connectivity index (χ1) is 15.4. The number of ether oxygens (including phenoxy) is 2. The summed E-state index contributed by atoms with van der Waals surface area (Å²) in [6.07, 6.45) is 4.40. The van der Waals surface area contributed by atoms with Crippen molar-refractivity contribution in [3.63, 3.8) is 0 Å². The van der Waals surface area contributed by atoms with E-state index in [1.165, 1.54) is 30.0 Å². The molecule has 0 atom stereocenters. The maximum absolute atomic E-state index is 12.9. The number of methoxy groups -OCH3 is 1. The Morgan fingerprint density at radius 1 is 1.09 bits per heavy atom. The van der Waals surface area contributed by atoms with E-state index in [2.05, 4.69) is 26.5 Å². The zero-order valence-corrected chi connectivity index (χ0v) is 19.2. The van der Waals surface area contributed by atoms with Gasteiger partial charge in [-0.15, -0.1) is 0 Å². The molecule has 0 spiro atoms. The average molecular weight is 497 g/mol. The molecule has 0 aromatic heterocycles. The minimum Gasteiger partial charge on any atom is -0.493 e. The molecule has 32 heavy (non-hydrogen) atoms. The van der Waals surface area contributed by atoms with Crippen molar-refractivity contribution in [1.29, 1.82) is 0 Å². The predicted molar refractivity (Wildman–Crippen MR) is 127 cm³/mol. The van der Waals surface area contributed by atoms with Crippen molar-refractivity contribution in [2.45, 2.75) is 13.5 Å². The molecular formula is C25H22BrFN2O3. The summed E-state index contributed by atoms with van der Waals surface area (Å²) in [6.45, 7) is 2.44. The minimum absolute atomic E-state index is 0.329. The van der Waals surface area contributed by atoms with Gasteiger partial charge < -0.3 is 9.47 Å². The molecule has 0 fully saturated rings. The summed E-state index contributed by atoms with van der Waals surface area (Å²) in [5.74, 6) is 0.381. The predicted octanol–water partition coefficient (Wildman–Crippen LogP) is 5.65. The van der Waals surface area contributed by atoms with Crippen molar-refractivity contribution >= 4 is 34.1 Å². The lowest BCUT2D eigenvalue weighted by molar-refractivity contribution is -0.116. The number of hydrazone groups is 1. The number of nitrogens with one attached hydrogen (secondary N) is 1. The van der Waals surface area contributed by atoms with Crippen LogP contribution in [0, 0.1) is 12.7 Å². The number of nitrogens with zero attached hydrogens (tertiary/aromatic N) is 1. The first-order valence-electron chi connectivity index (χ1n) is 9.77. The Labute approximate surface area is 194 Å². The highest BCUT2D eigenvalue weighted by Gasteiger charge is 2.11. The Morgan fingerprint density at radius 2 is 1.81 bits per heavy atom. The van der Waals surface area contributed by atoms with E-state index in [4.69, 9.17) is 9.47 Å². The summed E-state index contributed by atoms with van der Waals surface area (Å²) in [4.78, 5) is 11.9. The Morgan fingerprint density at radius 3 is 2.50 bits per heavy atom. The van der Waals surface area contributed by atoms with Gasteiger partial charge >= 0.3 is 0 Å². The summed E-state index contributed by atoms with van der Waals surface area (Å²) in [5, 5.41) is 3.96. The third-order valence-electron chi connectivity index (χ3n) is 4.44. The number of aryl methyl sites for hydroxylation is 1. The fourth-order valence-corrected chi connectivity index (χ4v) is 3.32. The number of carbonyl (C=O) groups excluding carboxylic acids is 1. The molecule has 0 aliphatic carbocycles. The Bertz CT molecular complexity index is 1130. The fraction of sp³-hybridized carbons (Fsp3) is 0.120. The van der Waals surface area contributed by atoms with Gasteiger partial charge in [-0.25, -0.2) is 9.82 Å². The molecule has 3 rings (SSSR count). The number of hydrogen-bond donors (Lipinski definition) is 1. The molecular weight excluding hydrogens is 475 g/mol. The third kappa shape index (κ3) is 6.78. The average Bonchev–Trinajstić information content (AvgIpc) is 2.79. The van der Waals surface area contributed by atoms with E-state index in [1.807, 2.05) is 37.3 Å². The fourth-order valence-electron chi connectivity index (χ4n) is 2.75. The van der Waals surface area contributed by atoms with Gasteiger partial charge in [0.2, 0.25) is 0 Å². The molecule has 1 amide bonds. The van der Waals surface area contributed by atoms with E-state index in [-0.39, 0.29) is 5.82 Å². The molecule has 0 bridgehead atoms. The number of halogens is 2. The summed E-state index contributed by atoms with van der Waals surface area (Å²) in [7, 11) is 1.56. The molecule has 0 saturated carbocycles. The van der Waals surface area contributed by atoms with Crippen molar-refractivity contribution in [2.75, 3.05) is 7.11 Å². The van der Waals surface area contributed by atoms with Crippen LogP contribution in [0.1, 0.15) is 22.3 Å². The molecule has 164 valence electrons. The number of hydrogen-bond acceptors (Lipinski definition) is 4. The van der Waals surface area contributed by atoms with Gasteiger partial charge in [0.1, 0.15) is 12.4 Å². The van der Waals surface area contributed by atoms with E-state index < -0.39 is 5.91 Å². The number of rotatable bonds is 8. The molecule has 3 aromatic carbocycles. The monoisotopic (exact) mass is 496 g/mol. The van der Waals surface area contributed by atoms with Gasteiger partial charge in [-0.3, -0.25) is 4.79 Å². The molecule has 0 aliphatic rings. The second kappa shape index (κ2) is 11.2. The van der Waals surface area contributed by atoms with Gasteiger partial charge in [0.25, 0.3) is 5.91 Å². The second-order valence-electron chi connectivity index (χ2n) is 6.93. The van der Waals surface area contributed by atoms with Crippen LogP contribution in [-0.4, -0.2) is 19.2 Å². The molecule has 0 saturated heterocycles. The molecule has 0 radical (unpaired) electrons. The summed E-state index contributed by atoms with van der Waals surface area (Å²) >= 11 is 3.51. The Balaban J connectivity index is 1.61. The lowest BCUT2D eigenvalue weighted by Gasteiger charge is -2.13. The highest BCUT2D eigenvalue weighted by Crippen LogP contribution is 2.36. The van der Waals surface area contributed by atoms with Crippen LogP contribution in [0.25, 0.3) is 6.08 Å². The largest absolute Gasteiger partial charge is 0.493 e. The normalized spacial score (nSPS) is 11.1. The van der Waals surface area contributed by atoms with Crippen LogP contribution in [0.3, 0.4) is 0 Å². The molecule has 5 nitrogen and oxygen atoms in total. The maximum Gasteiger partial charge on any atom is 0.264 e. The standard InChI is InChI=1S/C25H22BrFN2O3/c1-17-3-5-19(6-4-17)16-32-25-22(26)13-20(14-23(25)31-2)15-28-29-24(30)12-9-18-7-10-21(27)11-8-18/h3-15H,16H2,1-2H3,(H,29,30)/b12-9+,28-15-. The van der Waals surface area contributed by atoms with Gasteiger partial charge in [0.15, 0.2) is 11.5 Å². The highest BCUT2D eigenvalue weighted by atomic mass is 79.9. The quantitative estimate of drug-likeness (QED) is 0.249. The Kier molecular flexibility index (Phi) is 8.16. The zero-order valence-electron chi connectivity index (χ0n) is 17.6. The molecule has 3 aromatic rings. The van der Waals surface area contributed by atoms with Crippen LogP contribution < -0.4 is 14.9 Å². The SMILES string of the molecule is COc1cc(/C=N\NC(=O)/C=C/c2ccc(F)cc2)cc(Br)c1OCc1ccc(C)cc1. The molecule has 0 aliphatic heterocycles. The van der Waals surface area contributed by atoms with Crippen molar-refractivity contribution in [3.8, 4) is 11.5 Å². The third-order valence-corrected chi connectivity index (χ3v) is 5.03. The molecule has 0 unspecified atom stereocenters. The van der Waals surface area contributed by atoms with Crippen molar-refractivity contribution in [3.05, 3.63) is 99.3 Å². The minimum atomic E-state index is -0.408. The van der Waals surface area contributed by atoms with Gasteiger partial charge in [-0.1, -0.05) is 42.0 Å². The Hall–Kier alpha value is -3.45. The summed E-state index contributed by atoms with van der Waals surface area (Å²) < 4.78 is 25.0. The van der Waals surface area contributed by atoms with Crippen molar-refractivity contribution in [2.24, 2.45) is 5.10 Å². The number of carbonyl (C=O) groups is 1. The lowest BCUT2D eigenvalue weighted by Crippen LogP contribution is -2.14. The molecule has 7 heteroatoms. The van der Waals surface area contributed by atoms with E-state index in [0.29, 0.717) is 33.7 Å². The topological polar surface area (TPSA) is 59.9 Å². The first kappa shape index (κ1) is 23.2. The van der Waals surface area contributed by atoms with Crippen LogP contribution in [0.5, 0.6) is 11.5 Å². The van der Waals surface area contributed by atoms with Crippen LogP contribution in [0.2, 0.25) is 0 Å². The summed E-state index contributed by atoms with van der Waals surface area (Å²) in [6, 6.07) is 17.5. The van der Waals surface area contributed by atoms with Gasteiger partial charge in [-0.2, -0.15) is 5.10 Å². The summed E-state index contributed by atoms with van der Waals surface area (Å²) in [5.41, 5.74) is 6.07. The zero-order chi connectivity index (χ0) is 22.9. The van der Waals surface area contributed by atoms with E-state index in [1.54, 1.807) is 31.4 Å². The van der Waals surface area contributed by atoms with E-state index in [0.717, 1.165) is 5.56 Å². The molecule has 1 N–H and O–H groups in total. The maximum atomic E-state index is 12.9. The number of benzene rings is 3. The smallest absolute Gasteiger partial charge is 0.264 e.